The number of rotatable bonds is 7. The van der Waals surface area contributed by atoms with Gasteiger partial charge in [-0.2, -0.15) is 0 Å². The molecule has 0 saturated carbocycles. The van der Waals surface area contributed by atoms with Crippen molar-refractivity contribution < 1.29 is 13.9 Å². The first-order valence-corrected chi connectivity index (χ1v) is 9.54. The smallest absolute Gasteiger partial charge is 0.287 e. The summed E-state index contributed by atoms with van der Waals surface area (Å²) < 4.78 is 11.1. The Labute approximate surface area is 150 Å². The molecule has 0 radical (unpaired) electrons. The van der Waals surface area contributed by atoms with Crippen LogP contribution in [0, 0.1) is 0 Å². The molecular formula is C18H20ClNO3S. The van der Waals surface area contributed by atoms with E-state index < -0.39 is 0 Å². The first kappa shape index (κ1) is 17.4. The topological polar surface area (TPSA) is 51.5 Å². The van der Waals surface area contributed by atoms with E-state index in [1.807, 2.05) is 30.3 Å². The molecule has 1 amide bonds. The Balaban J connectivity index is 1.43. The number of benzene rings is 1. The summed E-state index contributed by atoms with van der Waals surface area (Å²) in [5.74, 6) is 2.53. The number of carbonyl (C=O) groups excluding carboxylic acids is 1. The number of furan rings is 1. The van der Waals surface area contributed by atoms with Crippen molar-refractivity contribution >= 4 is 29.3 Å². The van der Waals surface area contributed by atoms with Gasteiger partial charge < -0.3 is 14.5 Å². The Morgan fingerprint density at radius 1 is 1.29 bits per heavy atom. The number of hydrogen-bond donors (Lipinski definition) is 1. The van der Waals surface area contributed by atoms with Gasteiger partial charge in [-0.25, -0.2) is 0 Å². The normalized spacial score (nSPS) is 17.1. The van der Waals surface area contributed by atoms with E-state index in [2.05, 4.69) is 5.32 Å². The highest BCUT2D eigenvalue weighted by molar-refractivity contribution is 7.97. The molecule has 0 spiro atoms. The molecule has 2 aromatic rings. The Morgan fingerprint density at radius 2 is 2.21 bits per heavy atom. The van der Waals surface area contributed by atoms with Gasteiger partial charge in [0, 0.05) is 23.9 Å². The van der Waals surface area contributed by atoms with Crippen LogP contribution in [0.5, 0.6) is 0 Å². The molecule has 1 aliphatic heterocycles. The van der Waals surface area contributed by atoms with E-state index in [4.69, 9.17) is 20.8 Å². The number of carbonyl (C=O) groups is 1. The molecule has 2 heterocycles. The molecule has 0 bridgehead atoms. The Hall–Kier alpha value is -1.43. The Morgan fingerprint density at radius 3 is 3.00 bits per heavy atom. The molecule has 6 heteroatoms. The van der Waals surface area contributed by atoms with Crippen LogP contribution in [-0.4, -0.2) is 25.2 Å². The maximum Gasteiger partial charge on any atom is 0.287 e. The second kappa shape index (κ2) is 8.60. The summed E-state index contributed by atoms with van der Waals surface area (Å²) in [5, 5.41) is 3.61. The highest BCUT2D eigenvalue weighted by Crippen LogP contribution is 2.21. The minimum atomic E-state index is -0.184. The van der Waals surface area contributed by atoms with E-state index in [9.17, 15) is 4.79 Å². The van der Waals surface area contributed by atoms with Gasteiger partial charge >= 0.3 is 0 Å². The van der Waals surface area contributed by atoms with Crippen molar-refractivity contribution in [3.63, 3.8) is 0 Å². The van der Waals surface area contributed by atoms with Crippen LogP contribution in [0.2, 0.25) is 5.02 Å². The Bertz CT molecular complexity index is 682. The van der Waals surface area contributed by atoms with Crippen molar-refractivity contribution in [2.45, 2.75) is 30.5 Å². The number of halogens is 1. The lowest BCUT2D eigenvalue weighted by atomic mass is 10.2. The zero-order chi connectivity index (χ0) is 16.8. The fraction of sp³-hybridized carbons (Fsp3) is 0.389. The quantitative estimate of drug-likeness (QED) is 0.795. The molecule has 1 fully saturated rings. The van der Waals surface area contributed by atoms with Crippen LogP contribution in [0.1, 0.15) is 34.7 Å². The largest absolute Gasteiger partial charge is 0.455 e. The van der Waals surface area contributed by atoms with Crippen LogP contribution in [0.15, 0.2) is 40.8 Å². The number of nitrogens with one attached hydrogen (secondary N) is 1. The van der Waals surface area contributed by atoms with Crippen molar-refractivity contribution in [3.8, 4) is 0 Å². The van der Waals surface area contributed by atoms with Crippen molar-refractivity contribution in [2.24, 2.45) is 0 Å². The lowest BCUT2D eigenvalue weighted by molar-refractivity contribution is 0.0834. The molecule has 1 aromatic carbocycles. The van der Waals surface area contributed by atoms with Crippen molar-refractivity contribution in [1.82, 2.24) is 5.32 Å². The van der Waals surface area contributed by atoms with Crippen LogP contribution < -0.4 is 5.32 Å². The molecule has 3 rings (SSSR count). The summed E-state index contributed by atoms with van der Waals surface area (Å²) in [5.41, 5.74) is 1.17. The van der Waals surface area contributed by atoms with Crippen molar-refractivity contribution in [1.29, 1.82) is 0 Å². The summed E-state index contributed by atoms with van der Waals surface area (Å²) in [7, 11) is 0. The highest BCUT2D eigenvalue weighted by atomic mass is 35.5. The molecule has 1 N–H and O–H groups in total. The van der Waals surface area contributed by atoms with Gasteiger partial charge in [-0.3, -0.25) is 4.79 Å². The molecule has 1 aromatic heterocycles. The van der Waals surface area contributed by atoms with Gasteiger partial charge in [-0.1, -0.05) is 23.7 Å². The first-order chi connectivity index (χ1) is 11.7. The minimum absolute atomic E-state index is 0.136. The molecule has 128 valence electrons. The molecule has 1 saturated heterocycles. The summed E-state index contributed by atoms with van der Waals surface area (Å²) in [6.07, 6.45) is 2.20. The molecule has 0 unspecified atom stereocenters. The molecule has 4 nitrogen and oxygen atoms in total. The standard InChI is InChI=1S/C18H20ClNO3S/c19-14-4-1-3-13(9-14)11-24-12-16-6-7-17(23-16)18(21)20-10-15-5-2-8-22-15/h1,3-4,6-7,9,15H,2,5,8,10-12H2,(H,20,21)/t15-/m0/s1. The number of ether oxygens (including phenoxy) is 1. The maximum atomic E-state index is 12.1. The fourth-order valence-corrected chi connectivity index (χ4v) is 3.66. The lowest BCUT2D eigenvalue weighted by Crippen LogP contribution is -2.31. The summed E-state index contributed by atoms with van der Waals surface area (Å²) in [4.78, 5) is 12.1. The molecule has 24 heavy (non-hydrogen) atoms. The lowest BCUT2D eigenvalue weighted by Gasteiger charge is -2.09. The van der Waals surface area contributed by atoms with Gasteiger partial charge in [0.15, 0.2) is 5.76 Å². The average molecular weight is 366 g/mol. The van der Waals surface area contributed by atoms with Crippen LogP contribution in [0.25, 0.3) is 0 Å². The summed E-state index contributed by atoms with van der Waals surface area (Å²) >= 11 is 7.70. The summed E-state index contributed by atoms with van der Waals surface area (Å²) in [6.45, 7) is 1.33. The van der Waals surface area contributed by atoms with E-state index in [-0.39, 0.29) is 12.0 Å². The van der Waals surface area contributed by atoms with Gasteiger partial charge in [0.05, 0.1) is 11.9 Å². The number of hydrogen-bond acceptors (Lipinski definition) is 4. The van der Waals surface area contributed by atoms with Gasteiger partial charge in [-0.15, -0.1) is 11.8 Å². The number of thioether (sulfide) groups is 1. The predicted octanol–water partition coefficient (Wildman–Crippen LogP) is 4.28. The van der Waals surface area contributed by atoms with E-state index in [0.29, 0.717) is 18.1 Å². The van der Waals surface area contributed by atoms with E-state index >= 15 is 0 Å². The van der Waals surface area contributed by atoms with E-state index in [0.717, 1.165) is 36.0 Å². The Kier molecular flexibility index (Phi) is 6.24. The van der Waals surface area contributed by atoms with Crippen LogP contribution in [0.3, 0.4) is 0 Å². The van der Waals surface area contributed by atoms with Crippen LogP contribution in [-0.2, 0) is 16.2 Å². The summed E-state index contributed by atoms with van der Waals surface area (Å²) in [6, 6.07) is 11.4. The van der Waals surface area contributed by atoms with Crippen LogP contribution >= 0.6 is 23.4 Å². The monoisotopic (exact) mass is 365 g/mol. The third-order valence-corrected chi connectivity index (χ3v) is 5.06. The van der Waals surface area contributed by atoms with Crippen molar-refractivity contribution in [3.05, 3.63) is 58.5 Å². The third-order valence-electron chi connectivity index (χ3n) is 3.80. The zero-order valence-corrected chi connectivity index (χ0v) is 14.9. The molecule has 0 aliphatic carbocycles. The molecule has 1 atom stereocenters. The number of amides is 1. The second-order valence-electron chi connectivity index (χ2n) is 5.73. The SMILES string of the molecule is O=C(NC[C@@H]1CCCO1)c1ccc(CSCc2cccc(Cl)c2)o1. The zero-order valence-electron chi connectivity index (χ0n) is 13.3. The molecule has 1 aliphatic rings. The first-order valence-electron chi connectivity index (χ1n) is 8.01. The van der Waals surface area contributed by atoms with Crippen molar-refractivity contribution in [2.75, 3.05) is 13.2 Å². The van der Waals surface area contributed by atoms with Gasteiger partial charge in [0.1, 0.15) is 5.76 Å². The minimum Gasteiger partial charge on any atom is -0.455 e. The maximum absolute atomic E-state index is 12.1. The average Bonchev–Trinajstić information content (AvgIpc) is 3.24. The van der Waals surface area contributed by atoms with E-state index in [1.165, 1.54) is 5.56 Å². The van der Waals surface area contributed by atoms with Gasteiger partial charge in [0.2, 0.25) is 0 Å². The predicted molar refractivity (Wildman–Crippen MR) is 96.5 cm³/mol. The van der Waals surface area contributed by atoms with Crippen LogP contribution in [0.4, 0.5) is 0 Å². The van der Waals surface area contributed by atoms with Gasteiger partial charge in [-0.05, 0) is 42.7 Å². The third kappa shape index (κ3) is 5.03. The van der Waals surface area contributed by atoms with E-state index in [1.54, 1.807) is 17.8 Å². The second-order valence-corrected chi connectivity index (χ2v) is 7.16. The van der Waals surface area contributed by atoms with Gasteiger partial charge in [0.25, 0.3) is 5.91 Å². The fourth-order valence-electron chi connectivity index (χ4n) is 2.57. The molecular weight excluding hydrogens is 346 g/mol. The highest BCUT2D eigenvalue weighted by Gasteiger charge is 2.18.